The van der Waals surface area contributed by atoms with Crippen LogP contribution >= 0.6 is 11.6 Å². The van der Waals surface area contributed by atoms with Gasteiger partial charge in [0.05, 0.1) is 30.1 Å². The summed E-state index contributed by atoms with van der Waals surface area (Å²) in [6.07, 6.45) is 0.557. The van der Waals surface area contributed by atoms with Crippen molar-refractivity contribution in [3.63, 3.8) is 0 Å². The van der Waals surface area contributed by atoms with Crippen molar-refractivity contribution in [3.05, 3.63) is 63.9 Å². The normalized spacial score (nSPS) is 18.1. The molecule has 6 nitrogen and oxygen atoms in total. The summed E-state index contributed by atoms with van der Waals surface area (Å²) in [5, 5.41) is 3.71. The Labute approximate surface area is 178 Å². The van der Waals surface area contributed by atoms with Crippen LogP contribution in [0.2, 0.25) is 5.02 Å². The molecule has 1 spiro atoms. The molecule has 0 bridgehead atoms. The zero-order chi connectivity index (χ0) is 21.3. The lowest BCUT2D eigenvalue weighted by Crippen LogP contribution is -2.43. The van der Waals surface area contributed by atoms with Crippen molar-refractivity contribution in [2.75, 3.05) is 25.0 Å². The summed E-state index contributed by atoms with van der Waals surface area (Å²) >= 11 is 6.57. The SMILES string of the molecule is CN(Cc1cccc(F)c1)c1c(Cl)ccc2c1CCNCC21OC(=O)CCC(=O)O1. The maximum Gasteiger partial charge on any atom is 0.309 e. The smallest absolute Gasteiger partial charge is 0.309 e. The highest BCUT2D eigenvalue weighted by Crippen LogP contribution is 2.41. The second-order valence-corrected chi connectivity index (χ2v) is 7.94. The van der Waals surface area contributed by atoms with E-state index in [9.17, 15) is 14.0 Å². The summed E-state index contributed by atoms with van der Waals surface area (Å²) in [4.78, 5) is 26.4. The molecule has 30 heavy (non-hydrogen) atoms. The average Bonchev–Trinajstić information content (AvgIpc) is 2.94. The molecule has 0 saturated carbocycles. The first-order valence-corrected chi connectivity index (χ1v) is 10.2. The van der Waals surface area contributed by atoms with E-state index in [1.807, 2.05) is 18.0 Å². The molecule has 1 saturated heterocycles. The van der Waals surface area contributed by atoms with Gasteiger partial charge in [0.25, 0.3) is 5.79 Å². The van der Waals surface area contributed by atoms with E-state index in [1.54, 1.807) is 18.2 Å². The van der Waals surface area contributed by atoms with Crippen LogP contribution in [0, 0.1) is 5.82 Å². The number of halogens is 2. The van der Waals surface area contributed by atoms with Crippen LogP contribution in [-0.4, -0.2) is 32.1 Å². The summed E-state index contributed by atoms with van der Waals surface area (Å²) in [5.41, 5.74) is 2.95. The molecule has 0 amide bonds. The van der Waals surface area contributed by atoms with Crippen LogP contribution in [0.4, 0.5) is 10.1 Å². The van der Waals surface area contributed by atoms with E-state index in [-0.39, 0.29) is 25.2 Å². The van der Waals surface area contributed by atoms with E-state index in [4.69, 9.17) is 21.1 Å². The monoisotopic (exact) mass is 432 g/mol. The number of benzene rings is 2. The molecular formula is C22H22ClFN2O4. The third-order valence-corrected chi connectivity index (χ3v) is 5.64. The van der Waals surface area contributed by atoms with E-state index in [1.165, 1.54) is 12.1 Å². The summed E-state index contributed by atoms with van der Waals surface area (Å²) in [7, 11) is 1.86. The van der Waals surface area contributed by atoms with Gasteiger partial charge in [0, 0.05) is 19.2 Å². The molecule has 4 rings (SSSR count). The van der Waals surface area contributed by atoms with E-state index in [0.717, 1.165) is 16.8 Å². The summed E-state index contributed by atoms with van der Waals surface area (Å²) in [5.74, 6) is -2.81. The average molecular weight is 433 g/mol. The largest absolute Gasteiger partial charge is 0.416 e. The van der Waals surface area contributed by atoms with Gasteiger partial charge in [-0.1, -0.05) is 23.7 Å². The molecule has 0 aliphatic carbocycles. The zero-order valence-electron chi connectivity index (χ0n) is 16.5. The molecule has 0 unspecified atom stereocenters. The molecule has 8 heteroatoms. The van der Waals surface area contributed by atoms with Gasteiger partial charge in [-0.3, -0.25) is 9.59 Å². The molecule has 1 N–H and O–H groups in total. The zero-order valence-corrected chi connectivity index (χ0v) is 17.3. The summed E-state index contributed by atoms with van der Waals surface area (Å²) in [6.45, 7) is 1.17. The van der Waals surface area contributed by atoms with Gasteiger partial charge in [-0.2, -0.15) is 0 Å². The third-order valence-electron chi connectivity index (χ3n) is 5.33. The molecule has 0 aromatic heterocycles. The Morgan fingerprint density at radius 1 is 1.13 bits per heavy atom. The second kappa shape index (κ2) is 8.24. The molecule has 2 heterocycles. The van der Waals surface area contributed by atoms with Crippen LogP contribution in [0.3, 0.4) is 0 Å². The van der Waals surface area contributed by atoms with Crippen molar-refractivity contribution in [1.29, 1.82) is 0 Å². The van der Waals surface area contributed by atoms with E-state index in [2.05, 4.69) is 5.32 Å². The highest BCUT2D eigenvalue weighted by atomic mass is 35.5. The minimum atomic E-state index is -1.53. The Kier molecular flexibility index (Phi) is 5.66. The number of carbonyl (C=O) groups excluding carboxylic acids is 2. The predicted octanol–water partition coefficient (Wildman–Crippen LogP) is 3.29. The number of nitrogens with one attached hydrogen (secondary N) is 1. The Balaban J connectivity index is 1.78. The van der Waals surface area contributed by atoms with Gasteiger partial charge in [-0.15, -0.1) is 0 Å². The fourth-order valence-corrected chi connectivity index (χ4v) is 4.38. The number of hydrogen-bond acceptors (Lipinski definition) is 6. The molecule has 1 fully saturated rings. The fourth-order valence-electron chi connectivity index (χ4n) is 4.06. The quantitative estimate of drug-likeness (QED) is 0.751. The van der Waals surface area contributed by atoms with E-state index in [0.29, 0.717) is 30.1 Å². The fraction of sp³-hybridized carbons (Fsp3) is 0.364. The van der Waals surface area contributed by atoms with Gasteiger partial charge in [-0.05, 0) is 48.4 Å². The van der Waals surface area contributed by atoms with Gasteiger partial charge < -0.3 is 19.7 Å². The van der Waals surface area contributed by atoms with Crippen LogP contribution in [0.15, 0.2) is 36.4 Å². The first kappa shape index (κ1) is 20.6. The Hall–Kier alpha value is -2.64. The van der Waals surface area contributed by atoms with Gasteiger partial charge in [-0.25, -0.2) is 4.39 Å². The molecule has 2 aromatic carbocycles. The standard InChI is InChI=1S/C22H22ClFN2O4/c1-26(12-14-3-2-4-15(24)11-14)21-16-9-10-25-13-22(17(16)5-6-18(21)23)29-19(27)7-8-20(28)30-22/h2-6,11,25H,7-10,12-13H2,1H3. The lowest BCUT2D eigenvalue weighted by atomic mass is 9.95. The predicted molar refractivity (Wildman–Crippen MR) is 110 cm³/mol. The van der Waals surface area contributed by atoms with Crippen LogP contribution in [0.5, 0.6) is 0 Å². The van der Waals surface area contributed by atoms with Crippen molar-refractivity contribution < 1.29 is 23.5 Å². The van der Waals surface area contributed by atoms with Crippen molar-refractivity contribution >= 4 is 29.2 Å². The van der Waals surface area contributed by atoms with Gasteiger partial charge >= 0.3 is 11.9 Å². The van der Waals surface area contributed by atoms with Crippen LogP contribution in [0.1, 0.15) is 29.5 Å². The number of ether oxygens (including phenoxy) is 2. The minimum Gasteiger partial charge on any atom is -0.416 e. The molecule has 0 atom stereocenters. The Bertz CT molecular complexity index is 979. The number of anilines is 1. The van der Waals surface area contributed by atoms with Crippen molar-refractivity contribution in [2.24, 2.45) is 0 Å². The molecular weight excluding hydrogens is 411 g/mol. The highest BCUT2D eigenvalue weighted by Gasteiger charge is 2.46. The summed E-state index contributed by atoms with van der Waals surface area (Å²) in [6, 6.07) is 9.83. The first-order valence-electron chi connectivity index (χ1n) is 9.80. The first-order chi connectivity index (χ1) is 14.4. The van der Waals surface area contributed by atoms with E-state index >= 15 is 0 Å². The lowest BCUT2D eigenvalue weighted by molar-refractivity contribution is -0.225. The van der Waals surface area contributed by atoms with Gasteiger partial charge in [0.1, 0.15) is 5.82 Å². The maximum atomic E-state index is 13.6. The van der Waals surface area contributed by atoms with Gasteiger partial charge in [0.15, 0.2) is 0 Å². The van der Waals surface area contributed by atoms with Crippen molar-refractivity contribution in [1.82, 2.24) is 5.32 Å². The molecule has 158 valence electrons. The molecule has 2 aliphatic heterocycles. The number of fused-ring (bicyclic) bond motifs is 2. The van der Waals surface area contributed by atoms with Crippen LogP contribution in [0.25, 0.3) is 0 Å². The highest BCUT2D eigenvalue weighted by molar-refractivity contribution is 6.33. The van der Waals surface area contributed by atoms with Gasteiger partial charge in [0.2, 0.25) is 0 Å². The number of esters is 2. The lowest BCUT2D eigenvalue weighted by Gasteiger charge is -2.33. The Morgan fingerprint density at radius 3 is 2.57 bits per heavy atom. The minimum absolute atomic E-state index is 0.0180. The molecule has 0 radical (unpaired) electrons. The number of carbonyl (C=O) groups is 2. The number of nitrogens with zero attached hydrogens (tertiary/aromatic N) is 1. The number of hydrogen-bond donors (Lipinski definition) is 1. The Morgan fingerprint density at radius 2 is 1.87 bits per heavy atom. The molecule has 2 aliphatic rings. The van der Waals surface area contributed by atoms with Crippen LogP contribution in [-0.2, 0) is 37.8 Å². The van der Waals surface area contributed by atoms with Crippen molar-refractivity contribution in [3.8, 4) is 0 Å². The topological polar surface area (TPSA) is 67.9 Å². The maximum absolute atomic E-state index is 13.6. The van der Waals surface area contributed by atoms with E-state index < -0.39 is 17.7 Å². The second-order valence-electron chi connectivity index (χ2n) is 7.54. The molecule has 2 aromatic rings. The van der Waals surface area contributed by atoms with Crippen LogP contribution < -0.4 is 10.2 Å². The summed E-state index contributed by atoms with van der Waals surface area (Å²) < 4.78 is 25.0. The third kappa shape index (κ3) is 4.00. The number of rotatable bonds is 3. The van der Waals surface area contributed by atoms with Crippen molar-refractivity contribution in [2.45, 2.75) is 31.6 Å².